The summed E-state index contributed by atoms with van der Waals surface area (Å²) in [5, 5.41) is -0.489. The van der Waals surface area contributed by atoms with Crippen molar-refractivity contribution in [2.24, 2.45) is 0 Å². The van der Waals surface area contributed by atoms with E-state index in [2.05, 4.69) is 4.98 Å². The lowest BCUT2D eigenvalue weighted by Crippen LogP contribution is -2.43. The van der Waals surface area contributed by atoms with Gasteiger partial charge in [-0.2, -0.15) is 0 Å². The SMILES string of the molecule is CC(Cl)C(=O)N1CCC(n2c(=O)[nH]c3ccccc32)CC1. The molecule has 0 radical (unpaired) electrons. The second-order valence-corrected chi connectivity index (χ2v) is 6.14. The summed E-state index contributed by atoms with van der Waals surface area (Å²) in [6.45, 7) is 2.99. The molecule has 5 nitrogen and oxygen atoms in total. The van der Waals surface area contributed by atoms with E-state index >= 15 is 0 Å². The number of carbonyl (C=O) groups is 1. The van der Waals surface area contributed by atoms with Gasteiger partial charge in [0.05, 0.1) is 11.0 Å². The number of hydrogen-bond donors (Lipinski definition) is 1. The van der Waals surface area contributed by atoms with Crippen LogP contribution in [0, 0.1) is 0 Å². The monoisotopic (exact) mass is 307 g/mol. The number of aromatic nitrogens is 2. The molecule has 1 aromatic carbocycles. The largest absolute Gasteiger partial charge is 0.341 e. The minimum absolute atomic E-state index is 0.0265. The summed E-state index contributed by atoms with van der Waals surface area (Å²) in [6.07, 6.45) is 1.55. The molecule has 0 aliphatic carbocycles. The number of alkyl halides is 1. The molecule has 1 aliphatic rings. The van der Waals surface area contributed by atoms with Crippen LogP contribution in [0.15, 0.2) is 29.1 Å². The molecule has 112 valence electrons. The third-order valence-electron chi connectivity index (χ3n) is 4.11. The molecule has 6 heteroatoms. The number of para-hydroxylation sites is 2. The summed E-state index contributed by atoms with van der Waals surface area (Å²) < 4.78 is 1.82. The number of imidazole rings is 1. The number of benzene rings is 1. The van der Waals surface area contributed by atoms with Crippen LogP contribution < -0.4 is 5.69 Å². The lowest BCUT2D eigenvalue weighted by atomic mass is 10.0. The highest BCUT2D eigenvalue weighted by molar-refractivity contribution is 6.30. The minimum Gasteiger partial charge on any atom is -0.341 e. The van der Waals surface area contributed by atoms with Gasteiger partial charge in [0.2, 0.25) is 5.91 Å². The number of aromatic amines is 1. The average molecular weight is 308 g/mol. The van der Waals surface area contributed by atoms with E-state index in [1.54, 1.807) is 11.8 Å². The van der Waals surface area contributed by atoms with Crippen LogP contribution in [-0.4, -0.2) is 38.8 Å². The van der Waals surface area contributed by atoms with Crippen molar-refractivity contribution in [3.05, 3.63) is 34.7 Å². The summed E-state index contributed by atoms with van der Waals surface area (Å²) in [6, 6.07) is 7.82. The summed E-state index contributed by atoms with van der Waals surface area (Å²) >= 11 is 5.85. The maximum absolute atomic E-state index is 12.2. The van der Waals surface area contributed by atoms with Crippen molar-refractivity contribution in [2.45, 2.75) is 31.2 Å². The van der Waals surface area contributed by atoms with Crippen LogP contribution in [0.1, 0.15) is 25.8 Å². The Bertz CT molecular complexity index is 711. The second-order valence-electron chi connectivity index (χ2n) is 5.49. The highest BCUT2D eigenvalue weighted by atomic mass is 35.5. The molecule has 0 saturated carbocycles. The fourth-order valence-corrected chi connectivity index (χ4v) is 3.17. The van der Waals surface area contributed by atoms with E-state index in [1.165, 1.54) is 0 Å². The second kappa shape index (κ2) is 5.56. The maximum atomic E-state index is 12.2. The van der Waals surface area contributed by atoms with Gasteiger partial charge in [0.25, 0.3) is 0 Å². The molecule has 1 aliphatic heterocycles. The molecule has 1 saturated heterocycles. The molecule has 3 rings (SSSR count). The summed E-state index contributed by atoms with van der Waals surface area (Å²) in [5.41, 5.74) is 1.71. The summed E-state index contributed by atoms with van der Waals surface area (Å²) in [4.78, 5) is 28.7. The fraction of sp³-hybridized carbons (Fsp3) is 0.467. The van der Waals surface area contributed by atoms with Crippen LogP contribution in [0.25, 0.3) is 11.0 Å². The van der Waals surface area contributed by atoms with Gasteiger partial charge >= 0.3 is 5.69 Å². The number of nitrogens with one attached hydrogen (secondary N) is 1. The lowest BCUT2D eigenvalue weighted by molar-refractivity contribution is -0.131. The molecular formula is C15H18ClN3O2. The molecule has 1 atom stereocenters. The minimum atomic E-state index is -0.489. The Kier molecular flexibility index (Phi) is 3.76. The smallest absolute Gasteiger partial charge is 0.326 e. The van der Waals surface area contributed by atoms with Gasteiger partial charge in [-0.25, -0.2) is 4.79 Å². The van der Waals surface area contributed by atoms with Gasteiger partial charge in [0.15, 0.2) is 0 Å². The zero-order valence-corrected chi connectivity index (χ0v) is 12.6. The number of rotatable bonds is 2. The van der Waals surface area contributed by atoms with Crippen LogP contribution >= 0.6 is 11.6 Å². The van der Waals surface area contributed by atoms with Crippen LogP contribution in [0.4, 0.5) is 0 Å². The van der Waals surface area contributed by atoms with Crippen molar-refractivity contribution >= 4 is 28.5 Å². The van der Waals surface area contributed by atoms with E-state index in [1.807, 2.05) is 28.8 Å². The third-order valence-corrected chi connectivity index (χ3v) is 4.29. The normalized spacial score (nSPS) is 18.1. The molecule has 1 aromatic heterocycles. The van der Waals surface area contributed by atoms with Crippen molar-refractivity contribution in [3.8, 4) is 0 Å². The van der Waals surface area contributed by atoms with E-state index in [4.69, 9.17) is 11.6 Å². The first-order chi connectivity index (χ1) is 10.1. The van der Waals surface area contributed by atoms with Crippen molar-refractivity contribution in [1.82, 2.24) is 14.5 Å². The van der Waals surface area contributed by atoms with E-state index in [9.17, 15) is 9.59 Å². The van der Waals surface area contributed by atoms with E-state index in [0.717, 1.165) is 23.9 Å². The molecule has 0 bridgehead atoms. The zero-order valence-electron chi connectivity index (χ0n) is 11.9. The molecule has 2 aromatic rings. The Hall–Kier alpha value is -1.75. The highest BCUT2D eigenvalue weighted by Crippen LogP contribution is 2.25. The Morgan fingerprint density at radius 3 is 2.67 bits per heavy atom. The summed E-state index contributed by atoms with van der Waals surface area (Å²) in [5.74, 6) is -0.0265. The van der Waals surface area contributed by atoms with Crippen LogP contribution in [-0.2, 0) is 4.79 Å². The Morgan fingerprint density at radius 1 is 1.33 bits per heavy atom. The van der Waals surface area contributed by atoms with Crippen molar-refractivity contribution in [2.75, 3.05) is 13.1 Å². The fourth-order valence-electron chi connectivity index (χ4n) is 3.03. The number of fused-ring (bicyclic) bond motifs is 1. The third kappa shape index (κ3) is 2.58. The van der Waals surface area contributed by atoms with Gasteiger partial charge in [-0.15, -0.1) is 11.6 Å². The lowest BCUT2D eigenvalue weighted by Gasteiger charge is -2.33. The predicted molar refractivity (Wildman–Crippen MR) is 82.7 cm³/mol. The Morgan fingerprint density at radius 2 is 2.00 bits per heavy atom. The number of carbonyl (C=O) groups excluding carboxylic acids is 1. The topological polar surface area (TPSA) is 58.1 Å². The molecule has 1 fully saturated rings. The summed E-state index contributed by atoms with van der Waals surface area (Å²) in [7, 11) is 0. The first-order valence-electron chi connectivity index (χ1n) is 7.20. The molecule has 21 heavy (non-hydrogen) atoms. The van der Waals surface area contributed by atoms with Gasteiger partial charge in [-0.1, -0.05) is 12.1 Å². The van der Waals surface area contributed by atoms with E-state index < -0.39 is 5.38 Å². The number of amides is 1. The van der Waals surface area contributed by atoms with Crippen LogP contribution in [0.5, 0.6) is 0 Å². The van der Waals surface area contributed by atoms with Gasteiger partial charge in [0.1, 0.15) is 5.38 Å². The van der Waals surface area contributed by atoms with Gasteiger partial charge < -0.3 is 9.88 Å². The van der Waals surface area contributed by atoms with Gasteiger partial charge in [-0.3, -0.25) is 9.36 Å². The molecule has 1 unspecified atom stereocenters. The maximum Gasteiger partial charge on any atom is 0.326 e. The predicted octanol–water partition coefficient (Wildman–Crippen LogP) is 2.12. The van der Waals surface area contributed by atoms with Crippen molar-refractivity contribution in [3.63, 3.8) is 0 Å². The standard InChI is InChI=1S/C15H18ClN3O2/c1-10(16)14(20)18-8-6-11(7-9-18)19-13-5-3-2-4-12(13)17-15(19)21/h2-5,10-11H,6-9H2,1H3,(H,17,21). The van der Waals surface area contributed by atoms with Crippen molar-refractivity contribution < 1.29 is 4.79 Å². The Labute approximate surface area is 127 Å². The van der Waals surface area contributed by atoms with Gasteiger partial charge in [0, 0.05) is 19.1 Å². The highest BCUT2D eigenvalue weighted by Gasteiger charge is 2.27. The van der Waals surface area contributed by atoms with E-state index in [-0.39, 0.29) is 17.6 Å². The first-order valence-corrected chi connectivity index (χ1v) is 7.63. The number of H-pyrrole nitrogens is 1. The van der Waals surface area contributed by atoms with Gasteiger partial charge in [-0.05, 0) is 31.9 Å². The number of nitrogens with zero attached hydrogens (tertiary/aromatic N) is 2. The van der Waals surface area contributed by atoms with Crippen LogP contribution in [0.2, 0.25) is 0 Å². The zero-order chi connectivity index (χ0) is 15.0. The quantitative estimate of drug-likeness (QED) is 0.864. The molecule has 2 heterocycles. The van der Waals surface area contributed by atoms with E-state index in [0.29, 0.717) is 13.1 Å². The molecule has 1 amide bonds. The number of likely N-dealkylation sites (tertiary alicyclic amines) is 1. The Balaban J connectivity index is 1.82. The van der Waals surface area contributed by atoms with Crippen LogP contribution in [0.3, 0.4) is 0 Å². The number of halogens is 1. The first kappa shape index (κ1) is 14.2. The molecule has 0 spiro atoms. The molecule has 1 N–H and O–H groups in total. The number of hydrogen-bond acceptors (Lipinski definition) is 2. The number of piperidine rings is 1. The average Bonchev–Trinajstić information content (AvgIpc) is 2.82. The molecular weight excluding hydrogens is 290 g/mol. The van der Waals surface area contributed by atoms with Crippen molar-refractivity contribution in [1.29, 1.82) is 0 Å².